The maximum Gasteiger partial charge on any atom is 0.130 e. The van der Waals surface area contributed by atoms with Crippen LogP contribution in [0.2, 0.25) is 0 Å². The molecule has 2 rings (SSSR count). The molecule has 0 atom stereocenters. The predicted molar refractivity (Wildman–Crippen MR) is 73.6 cm³/mol. The van der Waals surface area contributed by atoms with Crippen LogP contribution in [0.1, 0.15) is 49.5 Å². The van der Waals surface area contributed by atoms with Crippen molar-refractivity contribution in [3.05, 3.63) is 10.4 Å². The van der Waals surface area contributed by atoms with E-state index in [9.17, 15) is 0 Å². The molecule has 1 aromatic heterocycles. The van der Waals surface area contributed by atoms with Gasteiger partial charge in [0.25, 0.3) is 0 Å². The van der Waals surface area contributed by atoms with Crippen molar-refractivity contribution < 1.29 is 0 Å². The van der Waals surface area contributed by atoms with E-state index in [0.29, 0.717) is 10.8 Å². The summed E-state index contributed by atoms with van der Waals surface area (Å²) in [5, 5.41) is 10.3. The van der Waals surface area contributed by atoms with Gasteiger partial charge in [0.1, 0.15) is 10.9 Å². The second-order valence-electron chi connectivity index (χ2n) is 4.53. The first-order valence-electron chi connectivity index (χ1n) is 6.30. The Bertz CT molecular complexity index is 440. The van der Waals surface area contributed by atoms with E-state index in [1.165, 1.54) is 23.4 Å². The van der Waals surface area contributed by atoms with E-state index in [4.69, 9.17) is 11.0 Å². The van der Waals surface area contributed by atoms with Crippen LogP contribution >= 0.6 is 11.3 Å². The van der Waals surface area contributed by atoms with Crippen LogP contribution in [-0.4, -0.2) is 13.1 Å². The largest absolute Gasteiger partial charge is 0.397 e. The summed E-state index contributed by atoms with van der Waals surface area (Å²) in [6.07, 6.45) is 3.57. The number of rotatable bonds is 5. The third-order valence-corrected chi connectivity index (χ3v) is 4.40. The molecule has 17 heavy (non-hydrogen) atoms. The van der Waals surface area contributed by atoms with E-state index in [1.807, 2.05) is 0 Å². The molecular formula is C13H19N3S. The van der Waals surface area contributed by atoms with Crippen molar-refractivity contribution in [1.29, 1.82) is 5.26 Å². The smallest absolute Gasteiger partial charge is 0.130 e. The highest BCUT2D eigenvalue weighted by Crippen LogP contribution is 2.51. The van der Waals surface area contributed by atoms with Gasteiger partial charge in [-0.25, -0.2) is 0 Å². The average Bonchev–Trinajstić information content (AvgIpc) is 3.11. The number of thiophene rings is 1. The summed E-state index contributed by atoms with van der Waals surface area (Å²) in [6, 6.07) is 2.23. The molecule has 0 bridgehead atoms. The fourth-order valence-corrected chi connectivity index (χ4v) is 3.40. The van der Waals surface area contributed by atoms with Gasteiger partial charge in [-0.2, -0.15) is 5.26 Å². The quantitative estimate of drug-likeness (QED) is 0.871. The van der Waals surface area contributed by atoms with Crippen LogP contribution in [0.3, 0.4) is 0 Å². The van der Waals surface area contributed by atoms with Crippen molar-refractivity contribution in [2.75, 3.05) is 23.7 Å². The van der Waals surface area contributed by atoms with E-state index < -0.39 is 0 Å². The minimum atomic E-state index is 0.606. The zero-order chi connectivity index (χ0) is 12.4. The summed E-state index contributed by atoms with van der Waals surface area (Å²) in [7, 11) is 0. The van der Waals surface area contributed by atoms with Crippen LogP contribution in [0.25, 0.3) is 0 Å². The van der Waals surface area contributed by atoms with Crippen LogP contribution in [0.4, 0.5) is 10.7 Å². The Morgan fingerprint density at radius 1 is 1.47 bits per heavy atom. The summed E-state index contributed by atoms with van der Waals surface area (Å²) in [6.45, 7) is 6.37. The average molecular weight is 249 g/mol. The molecule has 1 heterocycles. The first-order valence-corrected chi connectivity index (χ1v) is 7.11. The van der Waals surface area contributed by atoms with E-state index in [2.05, 4.69) is 24.8 Å². The van der Waals surface area contributed by atoms with Gasteiger partial charge in [-0.05, 0) is 32.1 Å². The zero-order valence-electron chi connectivity index (χ0n) is 10.5. The lowest BCUT2D eigenvalue weighted by Gasteiger charge is -2.22. The highest BCUT2D eigenvalue weighted by Gasteiger charge is 2.32. The predicted octanol–water partition coefficient (Wildman–Crippen LogP) is 3.32. The van der Waals surface area contributed by atoms with Crippen molar-refractivity contribution in [2.24, 2.45) is 0 Å². The van der Waals surface area contributed by atoms with Gasteiger partial charge in [0, 0.05) is 18.7 Å². The summed E-state index contributed by atoms with van der Waals surface area (Å²) in [5.74, 6) is 0.606. The molecule has 1 aliphatic rings. The van der Waals surface area contributed by atoms with Crippen molar-refractivity contribution in [3.8, 4) is 6.07 Å². The first kappa shape index (κ1) is 12.3. The van der Waals surface area contributed by atoms with E-state index in [-0.39, 0.29) is 0 Å². The number of anilines is 2. The van der Waals surface area contributed by atoms with Crippen LogP contribution in [0.15, 0.2) is 0 Å². The van der Waals surface area contributed by atoms with Crippen LogP contribution in [0.5, 0.6) is 0 Å². The molecule has 0 spiro atoms. The maximum atomic E-state index is 9.10. The molecule has 0 aliphatic heterocycles. The number of nitriles is 1. The Hall–Kier alpha value is -1.21. The highest BCUT2D eigenvalue weighted by molar-refractivity contribution is 7.17. The van der Waals surface area contributed by atoms with Gasteiger partial charge >= 0.3 is 0 Å². The van der Waals surface area contributed by atoms with Crippen molar-refractivity contribution in [3.63, 3.8) is 0 Å². The minimum Gasteiger partial charge on any atom is -0.397 e. The molecule has 1 fully saturated rings. The molecule has 0 aromatic carbocycles. The molecule has 0 saturated heterocycles. The second kappa shape index (κ2) is 4.97. The van der Waals surface area contributed by atoms with Gasteiger partial charge < -0.3 is 10.6 Å². The molecule has 1 aromatic rings. The van der Waals surface area contributed by atoms with E-state index >= 15 is 0 Å². The lowest BCUT2D eigenvalue weighted by Crippen LogP contribution is -2.23. The van der Waals surface area contributed by atoms with Crippen molar-refractivity contribution in [2.45, 2.75) is 39.0 Å². The van der Waals surface area contributed by atoms with Crippen LogP contribution in [0, 0.1) is 11.3 Å². The van der Waals surface area contributed by atoms with Gasteiger partial charge in [-0.3, -0.25) is 0 Å². The monoisotopic (exact) mass is 249 g/mol. The van der Waals surface area contributed by atoms with Gasteiger partial charge in [0.05, 0.1) is 10.7 Å². The van der Waals surface area contributed by atoms with Crippen LogP contribution in [-0.2, 0) is 0 Å². The lowest BCUT2D eigenvalue weighted by molar-refractivity contribution is 0.793. The van der Waals surface area contributed by atoms with E-state index in [0.717, 1.165) is 25.2 Å². The van der Waals surface area contributed by atoms with Gasteiger partial charge in [-0.15, -0.1) is 11.3 Å². The molecule has 1 aliphatic carbocycles. The Morgan fingerprint density at radius 3 is 2.65 bits per heavy atom. The fraction of sp³-hybridized carbons (Fsp3) is 0.615. The molecule has 3 nitrogen and oxygen atoms in total. The number of nitrogens with two attached hydrogens (primary N) is 1. The summed E-state index contributed by atoms with van der Waals surface area (Å²) in [5.41, 5.74) is 8.10. The molecular weight excluding hydrogens is 230 g/mol. The molecule has 92 valence electrons. The van der Waals surface area contributed by atoms with Gasteiger partial charge in [0.2, 0.25) is 0 Å². The number of hydrogen-bond acceptors (Lipinski definition) is 4. The van der Waals surface area contributed by atoms with E-state index in [1.54, 1.807) is 11.3 Å². The highest BCUT2D eigenvalue weighted by atomic mass is 32.1. The van der Waals surface area contributed by atoms with Gasteiger partial charge in [0.15, 0.2) is 0 Å². The van der Waals surface area contributed by atoms with Crippen molar-refractivity contribution in [1.82, 2.24) is 0 Å². The minimum absolute atomic E-state index is 0.606. The molecule has 0 radical (unpaired) electrons. The number of nitrogens with zero attached hydrogens (tertiary/aromatic N) is 2. The topological polar surface area (TPSA) is 53.0 Å². The molecule has 0 amide bonds. The van der Waals surface area contributed by atoms with Gasteiger partial charge in [-0.1, -0.05) is 6.92 Å². The second-order valence-corrected chi connectivity index (χ2v) is 5.53. The lowest BCUT2D eigenvalue weighted by atomic mass is 10.1. The van der Waals surface area contributed by atoms with Crippen molar-refractivity contribution >= 4 is 22.0 Å². The Labute approximate surface area is 107 Å². The first-order chi connectivity index (χ1) is 8.22. The molecule has 1 saturated carbocycles. The third-order valence-electron chi connectivity index (χ3n) is 3.21. The normalized spacial score (nSPS) is 14.6. The standard InChI is InChI=1S/C13H19N3S/c1-3-7-16(4-2)13-11(9-5-6-9)12(15)10(8-14)17-13/h9H,3-7,15H2,1-2H3. The number of nitrogen functional groups attached to an aromatic ring is 1. The third kappa shape index (κ3) is 2.25. The molecule has 0 unspecified atom stereocenters. The summed E-state index contributed by atoms with van der Waals surface area (Å²) in [4.78, 5) is 3.05. The summed E-state index contributed by atoms with van der Waals surface area (Å²) >= 11 is 1.57. The molecule has 2 N–H and O–H groups in total. The molecule has 4 heteroatoms. The SMILES string of the molecule is CCCN(CC)c1sc(C#N)c(N)c1C1CC1. The Kier molecular flexibility index (Phi) is 3.58. The van der Waals surface area contributed by atoms with Crippen LogP contribution < -0.4 is 10.6 Å². The number of hydrogen-bond donors (Lipinski definition) is 1. The Morgan fingerprint density at radius 2 is 2.18 bits per heavy atom. The summed E-state index contributed by atoms with van der Waals surface area (Å²) < 4.78 is 0. The Balaban J connectivity index is 2.41. The fourth-order valence-electron chi connectivity index (χ4n) is 2.20. The zero-order valence-corrected chi connectivity index (χ0v) is 11.3. The maximum absolute atomic E-state index is 9.10.